The van der Waals surface area contributed by atoms with Gasteiger partial charge in [0.1, 0.15) is 0 Å². The number of amides is 3. The molecule has 1 aliphatic heterocycles. The summed E-state index contributed by atoms with van der Waals surface area (Å²) >= 11 is 0. The number of carbonyl (C=O) groups is 2. The normalized spacial score (nSPS) is 13.4. The van der Waals surface area contributed by atoms with Crippen molar-refractivity contribution in [2.24, 2.45) is 0 Å². The predicted octanol–water partition coefficient (Wildman–Crippen LogP) is 3.44. The maximum Gasteiger partial charge on any atom is 0.315 e. The number of benzene rings is 2. The number of aryl methyl sites for hydroxylation is 1. The van der Waals surface area contributed by atoms with Gasteiger partial charge < -0.3 is 20.4 Å². The molecule has 3 amide bonds. The van der Waals surface area contributed by atoms with E-state index in [4.69, 9.17) is 0 Å². The summed E-state index contributed by atoms with van der Waals surface area (Å²) in [6, 6.07) is 16.2. The van der Waals surface area contributed by atoms with Crippen molar-refractivity contribution in [1.82, 2.24) is 15.5 Å². The van der Waals surface area contributed by atoms with E-state index >= 15 is 0 Å². The molecule has 6 heteroatoms. The average molecular weight is 409 g/mol. The molecule has 30 heavy (non-hydrogen) atoms. The van der Waals surface area contributed by atoms with E-state index in [-0.39, 0.29) is 11.9 Å². The minimum Gasteiger partial charge on any atom is -0.370 e. The molecule has 160 valence electrons. The zero-order valence-electron chi connectivity index (χ0n) is 18.0. The van der Waals surface area contributed by atoms with Gasteiger partial charge in [-0.3, -0.25) is 4.79 Å². The van der Waals surface area contributed by atoms with Gasteiger partial charge in [0.15, 0.2) is 0 Å². The SMILES string of the molecule is CCN(CCNC(=O)NCc1cccc(CN2CCCC2=O)c1)c1ccccc1C. The largest absolute Gasteiger partial charge is 0.370 e. The van der Waals surface area contributed by atoms with Gasteiger partial charge in [-0.05, 0) is 43.0 Å². The first-order valence-electron chi connectivity index (χ1n) is 10.7. The van der Waals surface area contributed by atoms with Crippen LogP contribution in [0.25, 0.3) is 0 Å². The maximum absolute atomic E-state index is 12.2. The molecule has 0 bridgehead atoms. The van der Waals surface area contributed by atoms with E-state index < -0.39 is 0 Å². The summed E-state index contributed by atoms with van der Waals surface area (Å²) in [5.74, 6) is 0.227. The lowest BCUT2D eigenvalue weighted by Gasteiger charge is -2.25. The Balaban J connectivity index is 1.43. The summed E-state index contributed by atoms with van der Waals surface area (Å²) < 4.78 is 0. The van der Waals surface area contributed by atoms with Crippen LogP contribution in [0.15, 0.2) is 48.5 Å². The van der Waals surface area contributed by atoms with Crippen LogP contribution in [0.1, 0.15) is 36.5 Å². The number of anilines is 1. The number of hydrogen-bond acceptors (Lipinski definition) is 3. The number of likely N-dealkylation sites (tertiary alicyclic amines) is 1. The van der Waals surface area contributed by atoms with E-state index in [0.717, 1.165) is 37.2 Å². The summed E-state index contributed by atoms with van der Waals surface area (Å²) in [7, 11) is 0. The first kappa shape index (κ1) is 21.7. The molecule has 0 aliphatic carbocycles. The number of rotatable bonds is 9. The highest BCUT2D eigenvalue weighted by Crippen LogP contribution is 2.18. The van der Waals surface area contributed by atoms with Crippen molar-refractivity contribution < 1.29 is 9.59 Å². The Hall–Kier alpha value is -3.02. The highest BCUT2D eigenvalue weighted by atomic mass is 16.2. The molecule has 1 aliphatic rings. The van der Waals surface area contributed by atoms with Gasteiger partial charge in [0.2, 0.25) is 5.91 Å². The first-order chi connectivity index (χ1) is 14.6. The van der Waals surface area contributed by atoms with E-state index in [1.807, 2.05) is 35.2 Å². The molecule has 2 aromatic carbocycles. The van der Waals surface area contributed by atoms with Gasteiger partial charge in [0.25, 0.3) is 0 Å². The van der Waals surface area contributed by atoms with E-state index in [1.165, 1.54) is 11.3 Å². The quantitative estimate of drug-likeness (QED) is 0.668. The van der Waals surface area contributed by atoms with Crippen LogP contribution in [-0.2, 0) is 17.9 Å². The Kier molecular flexibility index (Phi) is 7.71. The molecule has 1 fully saturated rings. The van der Waals surface area contributed by atoms with Crippen molar-refractivity contribution in [2.45, 2.75) is 39.8 Å². The number of nitrogens with one attached hydrogen (secondary N) is 2. The second-order valence-electron chi connectivity index (χ2n) is 7.71. The average Bonchev–Trinajstić information content (AvgIpc) is 3.15. The molecule has 3 rings (SSSR count). The van der Waals surface area contributed by atoms with Crippen LogP contribution in [0.3, 0.4) is 0 Å². The Labute approximate surface area is 179 Å². The van der Waals surface area contributed by atoms with Gasteiger partial charge in [-0.15, -0.1) is 0 Å². The van der Waals surface area contributed by atoms with Crippen LogP contribution < -0.4 is 15.5 Å². The Morgan fingerprint density at radius 1 is 1.10 bits per heavy atom. The topological polar surface area (TPSA) is 64.7 Å². The van der Waals surface area contributed by atoms with Gasteiger partial charge in [-0.25, -0.2) is 4.79 Å². The Morgan fingerprint density at radius 3 is 2.63 bits per heavy atom. The lowest BCUT2D eigenvalue weighted by molar-refractivity contribution is -0.128. The zero-order chi connectivity index (χ0) is 21.3. The summed E-state index contributed by atoms with van der Waals surface area (Å²) in [5.41, 5.74) is 4.57. The third-order valence-corrected chi connectivity index (χ3v) is 5.49. The number of urea groups is 1. The minimum atomic E-state index is -0.170. The molecule has 1 saturated heterocycles. The summed E-state index contributed by atoms with van der Waals surface area (Å²) in [4.78, 5) is 28.2. The number of carbonyl (C=O) groups excluding carboxylic acids is 2. The molecule has 0 atom stereocenters. The fraction of sp³-hybridized carbons (Fsp3) is 0.417. The molecule has 6 nitrogen and oxygen atoms in total. The van der Waals surface area contributed by atoms with Gasteiger partial charge in [-0.2, -0.15) is 0 Å². The van der Waals surface area contributed by atoms with Crippen LogP contribution in [0.4, 0.5) is 10.5 Å². The number of likely N-dealkylation sites (N-methyl/N-ethyl adjacent to an activating group) is 1. The van der Waals surface area contributed by atoms with Crippen molar-refractivity contribution in [3.8, 4) is 0 Å². The standard InChI is InChI=1S/C24H32N4O2/c1-3-27(22-11-5-4-8-19(22)2)15-13-25-24(30)26-17-20-9-6-10-21(16-20)18-28-14-7-12-23(28)29/h4-6,8-11,16H,3,7,12-15,17-18H2,1-2H3,(H2,25,26,30). The zero-order valence-corrected chi connectivity index (χ0v) is 18.0. The highest BCUT2D eigenvalue weighted by Gasteiger charge is 2.19. The third-order valence-electron chi connectivity index (χ3n) is 5.49. The fourth-order valence-electron chi connectivity index (χ4n) is 3.85. The number of nitrogens with zero attached hydrogens (tertiary/aromatic N) is 2. The van der Waals surface area contributed by atoms with Crippen molar-refractivity contribution in [3.05, 3.63) is 65.2 Å². The molecule has 0 spiro atoms. The minimum absolute atomic E-state index is 0.170. The van der Waals surface area contributed by atoms with Crippen molar-refractivity contribution in [1.29, 1.82) is 0 Å². The lowest BCUT2D eigenvalue weighted by atomic mass is 10.1. The van der Waals surface area contributed by atoms with Crippen molar-refractivity contribution in [2.75, 3.05) is 31.1 Å². The second kappa shape index (κ2) is 10.7. The lowest BCUT2D eigenvalue weighted by Crippen LogP contribution is -2.40. The fourth-order valence-corrected chi connectivity index (χ4v) is 3.85. The van der Waals surface area contributed by atoms with E-state index in [9.17, 15) is 9.59 Å². The van der Waals surface area contributed by atoms with Gasteiger partial charge in [0, 0.05) is 51.4 Å². The van der Waals surface area contributed by atoms with Crippen molar-refractivity contribution in [3.63, 3.8) is 0 Å². The third kappa shape index (κ3) is 5.99. The summed E-state index contributed by atoms with van der Waals surface area (Å²) in [6.07, 6.45) is 1.60. The summed E-state index contributed by atoms with van der Waals surface area (Å²) in [6.45, 7) is 8.38. The number of para-hydroxylation sites is 1. The molecule has 1 heterocycles. The van der Waals surface area contributed by atoms with Crippen LogP contribution in [0.2, 0.25) is 0 Å². The van der Waals surface area contributed by atoms with E-state index in [0.29, 0.717) is 26.1 Å². The van der Waals surface area contributed by atoms with Crippen LogP contribution in [-0.4, -0.2) is 43.0 Å². The number of hydrogen-bond donors (Lipinski definition) is 2. The van der Waals surface area contributed by atoms with Gasteiger partial charge in [-0.1, -0.05) is 42.5 Å². The molecule has 0 saturated carbocycles. The van der Waals surface area contributed by atoms with Crippen molar-refractivity contribution >= 4 is 17.6 Å². The van der Waals surface area contributed by atoms with E-state index in [2.05, 4.69) is 47.6 Å². The van der Waals surface area contributed by atoms with Crippen LogP contribution >= 0.6 is 0 Å². The first-order valence-corrected chi connectivity index (χ1v) is 10.7. The maximum atomic E-state index is 12.2. The molecule has 2 aromatic rings. The summed E-state index contributed by atoms with van der Waals surface area (Å²) in [5, 5.41) is 5.86. The molecular weight excluding hydrogens is 376 g/mol. The van der Waals surface area contributed by atoms with Gasteiger partial charge in [0.05, 0.1) is 0 Å². The highest BCUT2D eigenvalue weighted by molar-refractivity contribution is 5.78. The smallest absolute Gasteiger partial charge is 0.315 e. The van der Waals surface area contributed by atoms with Gasteiger partial charge >= 0.3 is 6.03 Å². The molecule has 0 radical (unpaired) electrons. The molecule has 2 N–H and O–H groups in total. The predicted molar refractivity (Wildman–Crippen MR) is 120 cm³/mol. The molecule has 0 aromatic heterocycles. The van der Waals surface area contributed by atoms with Crippen LogP contribution in [0.5, 0.6) is 0 Å². The monoisotopic (exact) mass is 408 g/mol. The second-order valence-corrected chi connectivity index (χ2v) is 7.71. The molecule has 0 unspecified atom stereocenters. The Morgan fingerprint density at radius 2 is 1.90 bits per heavy atom. The van der Waals surface area contributed by atoms with E-state index in [1.54, 1.807) is 0 Å². The van der Waals surface area contributed by atoms with Crippen LogP contribution in [0, 0.1) is 6.92 Å². The Bertz CT molecular complexity index is 868. The molecular formula is C24H32N4O2.